The minimum atomic E-state index is -0.440. The topological polar surface area (TPSA) is 55.4 Å². The molecule has 4 nitrogen and oxygen atoms in total. The number of aryl methyl sites for hydroxylation is 1. The molecule has 4 heteroatoms. The van der Waals surface area contributed by atoms with Crippen LogP contribution < -0.4 is 5.32 Å². The van der Waals surface area contributed by atoms with Crippen molar-refractivity contribution in [2.24, 2.45) is 0 Å². The fraction of sp³-hybridized carbons (Fsp3) is 0.0909. The maximum Gasteiger partial charge on any atom is 0.337 e. The summed E-state index contributed by atoms with van der Waals surface area (Å²) in [4.78, 5) is 24.6. The number of rotatable bonds is 4. The van der Waals surface area contributed by atoms with Gasteiger partial charge in [0, 0.05) is 11.3 Å². The number of methoxy groups -OCH3 is 1. The summed E-state index contributed by atoms with van der Waals surface area (Å²) in [6.45, 7) is 1.87. The number of amides is 1. The summed E-state index contributed by atoms with van der Waals surface area (Å²) in [5, 5.41) is 2.91. The summed E-state index contributed by atoms with van der Waals surface area (Å²) in [7, 11) is 1.33. The predicted octanol–water partition coefficient (Wildman–Crippen LogP) is 4.70. The molecule has 0 heterocycles. The number of carbonyl (C=O) groups excluding carboxylic acids is 2. The number of hydrogen-bond donors (Lipinski definition) is 1. The standard InChI is InChI=1S/C22H19NO3/c1-15-12-13-17(22(25)26-2)14-20(15)23-21(24)19-11-7-6-10-18(19)16-8-4-3-5-9-16/h3-14H,1-2H3,(H,23,24). The minimum Gasteiger partial charge on any atom is -0.465 e. The van der Waals surface area contributed by atoms with E-state index in [1.54, 1.807) is 24.3 Å². The van der Waals surface area contributed by atoms with Crippen LogP contribution in [0.1, 0.15) is 26.3 Å². The Morgan fingerprint density at radius 2 is 1.58 bits per heavy atom. The second kappa shape index (κ2) is 7.66. The van der Waals surface area contributed by atoms with Crippen molar-refractivity contribution in [1.82, 2.24) is 0 Å². The first-order valence-corrected chi connectivity index (χ1v) is 8.25. The molecule has 1 N–H and O–H groups in total. The molecule has 3 rings (SSSR count). The number of nitrogens with one attached hydrogen (secondary N) is 1. The molecule has 0 unspecified atom stereocenters. The normalized spacial score (nSPS) is 10.2. The van der Waals surface area contributed by atoms with E-state index in [-0.39, 0.29) is 5.91 Å². The van der Waals surface area contributed by atoms with Crippen LogP contribution in [0.3, 0.4) is 0 Å². The summed E-state index contributed by atoms with van der Waals surface area (Å²) in [6, 6.07) is 22.3. The van der Waals surface area contributed by atoms with Gasteiger partial charge in [-0.1, -0.05) is 54.6 Å². The van der Waals surface area contributed by atoms with Gasteiger partial charge in [-0.3, -0.25) is 4.79 Å². The van der Waals surface area contributed by atoms with Gasteiger partial charge in [0.05, 0.1) is 12.7 Å². The molecule has 3 aromatic carbocycles. The molecule has 0 aliphatic rings. The second-order valence-corrected chi connectivity index (χ2v) is 5.89. The van der Waals surface area contributed by atoms with Crippen LogP contribution in [0, 0.1) is 6.92 Å². The van der Waals surface area contributed by atoms with Gasteiger partial charge in [-0.25, -0.2) is 4.79 Å². The number of carbonyl (C=O) groups is 2. The Kier molecular flexibility index (Phi) is 5.13. The van der Waals surface area contributed by atoms with Gasteiger partial charge >= 0.3 is 5.97 Å². The van der Waals surface area contributed by atoms with E-state index in [9.17, 15) is 9.59 Å². The highest BCUT2D eigenvalue weighted by Gasteiger charge is 2.15. The lowest BCUT2D eigenvalue weighted by atomic mass is 9.99. The van der Waals surface area contributed by atoms with E-state index in [0.717, 1.165) is 16.7 Å². The summed E-state index contributed by atoms with van der Waals surface area (Å²) in [5.74, 6) is -0.667. The van der Waals surface area contributed by atoms with Gasteiger partial charge in [-0.15, -0.1) is 0 Å². The Morgan fingerprint density at radius 3 is 2.31 bits per heavy atom. The van der Waals surface area contributed by atoms with Gasteiger partial charge in [0.25, 0.3) is 5.91 Å². The monoisotopic (exact) mass is 345 g/mol. The van der Waals surface area contributed by atoms with E-state index < -0.39 is 5.97 Å². The van der Waals surface area contributed by atoms with Crippen LogP contribution in [0.2, 0.25) is 0 Å². The number of hydrogen-bond acceptors (Lipinski definition) is 3. The lowest BCUT2D eigenvalue weighted by Crippen LogP contribution is -2.14. The molecule has 0 radical (unpaired) electrons. The number of benzene rings is 3. The first-order valence-electron chi connectivity index (χ1n) is 8.25. The fourth-order valence-electron chi connectivity index (χ4n) is 2.74. The fourth-order valence-corrected chi connectivity index (χ4v) is 2.74. The number of ether oxygens (including phenoxy) is 1. The van der Waals surface area contributed by atoms with E-state index in [0.29, 0.717) is 16.8 Å². The Bertz CT molecular complexity index is 949. The van der Waals surface area contributed by atoms with E-state index >= 15 is 0 Å². The SMILES string of the molecule is COC(=O)c1ccc(C)c(NC(=O)c2ccccc2-c2ccccc2)c1. The van der Waals surface area contributed by atoms with Gasteiger partial charge in [-0.05, 0) is 41.8 Å². The number of esters is 1. The quantitative estimate of drug-likeness (QED) is 0.697. The first kappa shape index (κ1) is 17.4. The molecule has 130 valence electrons. The van der Waals surface area contributed by atoms with Crippen LogP contribution in [0.4, 0.5) is 5.69 Å². The van der Waals surface area contributed by atoms with E-state index in [4.69, 9.17) is 4.74 Å². The Labute approximate surface area is 152 Å². The van der Waals surface area contributed by atoms with Crippen LogP contribution in [0.5, 0.6) is 0 Å². The van der Waals surface area contributed by atoms with Crippen LogP contribution in [-0.4, -0.2) is 19.0 Å². The van der Waals surface area contributed by atoms with Gasteiger partial charge in [0.1, 0.15) is 0 Å². The maximum atomic E-state index is 12.9. The summed E-state index contributed by atoms with van der Waals surface area (Å²) >= 11 is 0. The molecule has 0 aliphatic heterocycles. The lowest BCUT2D eigenvalue weighted by Gasteiger charge is -2.13. The van der Waals surface area contributed by atoms with Crippen molar-refractivity contribution in [2.45, 2.75) is 6.92 Å². The van der Waals surface area contributed by atoms with E-state index in [2.05, 4.69) is 5.32 Å². The molecule has 0 spiro atoms. The van der Waals surface area contributed by atoms with Crippen molar-refractivity contribution in [1.29, 1.82) is 0 Å². The molecular formula is C22H19NO3. The molecule has 0 aliphatic carbocycles. The average Bonchev–Trinajstić information content (AvgIpc) is 2.69. The lowest BCUT2D eigenvalue weighted by molar-refractivity contribution is 0.0600. The van der Waals surface area contributed by atoms with Crippen LogP contribution in [0.25, 0.3) is 11.1 Å². The Balaban J connectivity index is 1.94. The van der Waals surface area contributed by atoms with Crippen molar-refractivity contribution in [2.75, 3.05) is 12.4 Å². The van der Waals surface area contributed by atoms with Crippen molar-refractivity contribution in [3.8, 4) is 11.1 Å². The second-order valence-electron chi connectivity index (χ2n) is 5.89. The van der Waals surface area contributed by atoms with Gasteiger partial charge in [0.15, 0.2) is 0 Å². The molecule has 0 aromatic heterocycles. The van der Waals surface area contributed by atoms with Crippen molar-refractivity contribution < 1.29 is 14.3 Å². The van der Waals surface area contributed by atoms with Gasteiger partial charge < -0.3 is 10.1 Å². The summed E-state index contributed by atoms with van der Waals surface area (Å²) in [6.07, 6.45) is 0. The molecule has 3 aromatic rings. The number of anilines is 1. The Hall–Kier alpha value is -3.40. The van der Waals surface area contributed by atoms with Crippen molar-refractivity contribution >= 4 is 17.6 Å². The largest absolute Gasteiger partial charge is 0.465 e. The molecule has 0 atom stereocenters. The van der Waals surface area contributed by atoms with Crippen molar-refractivity contribution in [3.05, 3.63) is 89.5 Å². The van der Waals surface area contributed by atoms with Crippen LogP contribution in [0.15, 0.2) is 72.8 Å². The molecule has 0 saturated heterocycles. The maximum absolute atomic E-state index is 12.9. The van der Waals surface area contributed by atoms with Crippen LogP contribution in [-0.2, 0) is 4.74 Å². The van der Waals surface area contributed by atoms with Crippen LogP contribution >= 0.6 is 0 Å². The first-order chi connectivity index (χ1) is 12.6. The highest BCUT2D eigenvalue weighted by Crippen LogP contribution is 2.25. The van der Waals surface area contributed by atoms with Gasteiger partial charge in [0.2, 0.25) is 0 Å². The third kappa shape index (κ3) is 3.64. The smallest absolute Gasteiger partial charge is 0.337 e. The highest BCUT2D eigenvalue weighted by molar-refractivity contribution is 6.09. The van der Waals surface area contributed by atoms with E-state index in [1.165, 1.54) is 7.11 Å². The summed E-state index contributed by atoms with van der Waals surface area (Å²) < 4.78 is 4.75. The average molecular weight is 345 g/mol. The zero-order chi connectivity index (χ0) is 18.5. The molecule has 1 amide bonds. The van der Waals surface area contributed by atoms with Gasteiger partial charge in [-0.2, -0.15) is 0 Å². The zero-order valence-electron chi connectivity index (χ0n) is 14.7. The molecule has 0 fully saturated rings. The highest BCUT2D eigenvalue weighted by atomic mass is 16.5. The summed E-state index contributed by atoms with van der Waals surface area (Å²) in [5.41, 5.74) is 4.24. The zero-order valence-corrected chi connectivity index (χ0v) is 14.7. The van der Waals surface area contributed by atoms with E-state index in [1.807, 2.05) is 55.5 Å². The third-order valence-corrected chi connectivity index (χ3v) is 4.16. The predicted molar refractivity (Wildman–Crippen MR) is 102 cm³/mol. The van der Waals surface area contributed by atoms with Crippen molar-refractivity contribution in [3.63, 3.8) is 0 Å². The molecule has 26 heavy (non-hydrogen) atoms. The Morgan fingerprint density at radius 1 is 0.885 bits per heavy atom. The molecular weight excluding hydrogens is 326 g/mol. The third-order valence-electron chi connectivity index (χ3n) is 4.16. The minimum absolute atomic E-state index is 0.227. The molecule has 0 saturated carbocycles. The molecule has 0 bridgehead atoms.